The fourth-order valence-corrected chi connectivity index (χ4v) is 10.6. The van der Waals surface area contributed by atoms with Gasteiger partial charge in [0.05, 0.1) is 11.0 Å². The molecule has 0 radical (unpaired) electrons. The zero-order valence-electron chi connectivity index (χ0n) is 33.3. The van der Waals surface area contributed by atoms with Crippen LogP contribution in [0.1, 0.15) is 0 Å². The summed E-state index contributed by atoms with van der Waals surface area (Å²) in [6.07, 6.45) is 0. The van der Waals surface area contributed by atoms with Crippen molar-refractivity contribution in [1.29, 1.82) is 0 Å². The molecule has 0 fully saturated rings. The molecule has 288 valence electrons. The van der Waals surface area contributed by atoms with E-state index < -0.39 is 0 Å². The molecular formula is C57H34N4S. The van der Waals surface area contributed by atoms with E-state index >= 15 is 0 Å². The minimum Gasteiger partial charge on any atom is -0.309 e. The first-order valence-electron chi connectivity index (χ1n) is 20.9. The molecule has 13 rings (SSSR count). The van der Waals surface area contributed by atoms with Gasteiger partial charge in [-0.3, -0.25) is 0 Å². The number of thiophene rings is 1. The highest BCUT2D eigenvalue weighted by atomic mass is 32.1. The predicted molar refractivity (Wildman–Crippen MR) is 261 cm³/mol. The van der Waals surface area contributed by atoms with E-state index in [1.807, 2.05) is 11.3 Å². The van der Waals surface area contributed by atoms with Crippen LogP contribution in [0.4, 0.5) is 0 Å². The molecule has 0 amide bonds. The first-order chi connectivity index (χ1) is 30.7. The van der Waals surface area contributed by atoms with Gasteiger partial charge in [-0.1, -0.05) is 152 Å². The normalized spacial score (nSPS) is 11.9. The molecule has 0 aliphatic heterocycles. The van der Waals surface area contributed by atoms with E-state index in [-0.39, 0.29) is 0 Å². The van der Waals surface area contributed by atoms with Gasteiger partial charge < -0.3 is 4.57 Å². The van der Waals surface area contributed by atoms with Crippen molar-refractivity contribution >= 4 is 85.6 Å². The van der Waals surface area contributed by atoms with E-state index in [1.54, 1.807) is 0 Å². The Labute approximate surface area is 360 Å². The Balaban J connectivity index is 1.10. The van der Waals surface area contributed by atoms with Crippen LogP contribution in [0.25, 0.3) is 125 Å². The van der Waals surface area contributed by atoms with E-state index in [0.717, 1.165) is 49.8 Å². The third-order valence-corrected chi connectivity index (χ3v) is 13.6. The Hall–Kier alpha value is -7.99. The Kier molecular flexibility index (Phi) is 7.74. The van der Waals surface area contributed by atoms with Crippen LogP contribution in [0.15, 0.2) is 206 Å². The van der Waals surface area contributed by atoms with Crippen molar-refractivity contribution in [2.75, 3.05) is 0 Å². The summed E-state index contributed by atoms with van der Waals surface area (Å²) in [6.45, 7) is 0. The summed E-state index contributed by atoms with van der Waals surface area (Å²) in [6, 6.07) is 74.1. The molecular weight excluding hydrogens is 773 g/mol. The highest BCUT2D eigenvalue weighted by molar-refractivity contribution is 7.26. The molecule has 0 saturated heterocycles. The van der Waals surface area contributed by atoms with E-state index in [4.69, 9.17) is 15.0 Å². The van der Waals surface area contributed by atoms with E-state index in [0.29, 0.717) is 17.5 Å². The standard InChI is InChI=1S/C57H34N4S/c1-3-14-37-30-41(26-24-35(37)12-1)55-58-56(42-27-25-36-13-2-4-15-38(36)31-42)60-57(59-55)48-29-28-43(34-49(48)47-21-11-20-46-45-19-8-10-23-53(45)62-54(46)47)61-51-22-9-7-18-44(51)50-32-39-16-5-6-17-40(39)33-52(50)61/h1-34H. The second kappa shape index (κ2) is 13.8. The van der Waals surface area contributed by atoms with Gasteiger partial charge >= 0.3 is 0 Å². The zero-order valence-corrected chi connectivity index (χ0v) is 34.1. The van der Waals surface area contributed by atoms with Crippen molar-refractivity contribution in [3.8, 4) is 51.0 Å². The Bertz CT molecular complexity index is 3850. The molecule has 0 aliphatic carbocycles. The minimum absolute atomic E-state index is 0.624. The summed E-state index contributed by atoms with van der Waals surface area (Å²) in [7, 11) is 0. The maximum absolute atomic E-state index is 5.38. The quantitative estimate of drug-likeness (QED) is 0.174. The van der Waals surface area contributed by atoms with Gasteiger partial charge in [-0.05, 0) is 92.5 Å². The van der Waals surface area contributed by atoms with Crippen molar-refractivity contribution < 1.29 is 0 Å². The van der Waals surface area contributed by atoms with Crippen molar-refractivity contribution in [1.82, 2.24) is 19.5 Å². The summed E-state index contributed by atoms with van der Waals surface area (Å²) < 4.78 is 4.92. The second-order valence-electron chi connectivity index (χ2n) is 16.0. The number of fused-ring (bicyclic) bond motifs is 9. The molecule has 10 aromatic carbocycles. The van der Waals surface area contributed by atoms with Gasteiger partial charge in [0.1, 0.15) is 0 Å². The van der Waals surface area contributed by atoms with Gasteiger partial charge in [0, 0.05) is 58.9 Å². The van der Waals surface area contributed by atoms with Crippen LogP contribution < -0.4 is 0 Å². The van der Waals surface area contributed by atoms with Crippen molar-refractivity contribution in [3.05, 3.63) is 206 Å². The van der Waals surface area contributed by atoms with Gasteiger partial charge in [0.2, 0.25) is 0 Å². The van der Waals surface area contributed by atoms with E-state index in [9.17, 15) is 0 Å². The monoisotopic (exact) mass is 806 g/mol. The first kappa shape index (κ1) is 34.8. The molecule has 0 unspecified atom stereocenters. The maximum atomic E-state index is 5.38. The average Bonchev–Trinajstić information content (AvgIpc) is 3.88. The third-order valence-electron chi connectivity index (χ3n) is 12.4. The fraction of sp³-hybridized carbons (Fsp3) is 0. The minimum atomic E-state index is 0.624. The number of hydrogen-bond donors (Lipinski definition) is 0. The second-order valence-corrected chi connectivity index (χ2v) is 17.1. The number of aromatic nitrogens is 4. The highest BCUT2D eigenvalue weighted by Gasteiger charge is 2.21. The summed E-state index contributed by atoms with van der Waals surface area (Å²) in [4.78, 5) is 16.0. The van der Waals surface area contributed by atoms with Gasteiger partial charge in [-0.15, -0.1) is 11.3 Å². The number of nitrogens with zero attached hydrogens (tertiary/aromatic N) is 4. The van der Waals surface area contributed by atoms with Gasteiger partial charge in [0.25, 0.3) is 0 Å². The van der Waals surface area contributed by atoms with Crippen LogP contribution in [-0.2, 0) is 0 Å². The Morgan fingerprint density at radius 3 is 1.60 bits per heavy atom. The lowest BCUT2D eigenvalue weighted by atomic mass is 9.96. The average molecular weight is 807 g/mol. The molecule has 4 nitrogen and oxygen atoms in total. The number of rotatable bonds is 5. The molecule has 5 heteroatoms. The first-order valence-corrected chi connectivity index (χ1v) is 21.7. The predicted octanol–water partition coefficient (Wildman–Crippen LogP) is 15.5. The smallest absolute Gasteiger partial charge is 0.164 e. The topological polar surface area (TPSA) is 43.6 Å². The Morgan fingerprint density at radius 2 is 0.887 bits per heavy atom. The van der Waals surface area contributed by atoms with Crippen molar-refractivity contribution in [2.24, 2.45) is 0 Å². The van der Waals surface area contributed by atoms with Gasteiger partial charge in [0.15, 0.2) is 17.5 Å². The van der Waals surface area contributed by atoms with Crippen LogP contribution in [-0.4, -0.2) is 19.5 Å². The summed E-state index contributed by atoms with van der Waals surface area (Å²) >= 11 is 1.84. The summed E-state index contributed by atoms with van der Waals surface area (Å²) in [5, 5.41) is 12.0. The summed E-state index contributed by atoms with van der Waals surface area (Å²) in [5.41, 5.74) is 8.43. The SMILES string of the molecule is c1ccc2cc(-c3nc(-c4ccc5ccccc5c4)nc(-c4ccc(-n5c6ccccc6c6cc7ccccc7cc65)cc4-c4cccc5c4sc4ccccc45)n3)ccc2c1. The molecule has 0 bridgehead atoms. The Morgan fingerprint density at radius 1 is 0.323 bits per heavy atom. The molecule has 0 atom stereocenters. The van der Waals surface area contributed by atoms with E-state index in [1.165, 1.54) is 58.0 Å². The van der Waals surface area contributed by atoms with Crippen LogP contribution in [0.3, 0.4) is 0 Å². The van der Waals surface area contributed by atoms with Crippen LogP contribution in [0.5, 0.6) is 0 Å². The lowest BCUT2D eigenvalue weighted by Crippen LogP contribution is -2.02. The van der Waals surface area contributed by atoms with Crippen LogP contribution in [0.2, 0.25) is 0 Å². The molecule has 0 aliphatic rings. The van der Waals surface area contributed by atoms with E-state index in [2.05, 4.69) is 211 Å². The summed E-state index contributed by atoms with van der Waals surface area (Å²) in [5.74, 6) is 1.89. The fourth-order valence-electron chi connectivity index (χ4n) is 9.39. The molecule has 0 saturated carbocycles. The zero-order chi connectivity index (χ0) is 40.7. The van der Waals surface area contributed by atoms with Gasteiger partial charge in [-0.25, -0.2) is 15.0 Å². The lowest BCUT2D eigenvalue weighted by molar-refractivity contribution is 1.07. The van der Waals surface area contributed by atoms with Crippen LogP contribution >= 0.6 is 11.3 Å². The molecule has 62 heavy (non-hydrogen) atoms. The van der Waals surface area contributed by atoms with Crippen LogP contribution in [0, 0.1) is 0 Å². The molecule has 3 aromatic heterocycles. The number of benzene rings is 10. The third kappa shape index (κ3) is 5.56. The molecule has 3 heterocycles. The maximum Gasteiger partial charge on any atom is 0.164 e. The molecule has 0 spiro atoms. The molecule has 13 aromatic rings. The molecule has 0 N–H and O–H groups in total. The van der Waals surface area contributed by atoms with Crippen molar-refractivity contribution in [2.45, 2.75) is 0 Å². The lowest BCUT2D eigenvalue weighted by Gasteiger charge is -2.16. The van der Waals surface area contributed by atoms with Crippen molar-refractivity contribution in [3.63, 3.8) is 0 Å². The number of hydrogen-bond acceptors (Lipinski definition) is 4. The number of para-hydroxylation sites is 1. The van der Waals surface area contributed by atoms with Gasteiger partial charge in [-0.2, -0.15) is 0 Å². The highest BCUT2D eigenvalue weighted by Crippen LogP contribution is 2.44. The largest absolute Gasteiger partial charge is 0.309 e.